The van der Waals surface area contributed by atoms with Crippen LogP contribution in [0.1, 0.15) is 37.0 Å². The van der Waals surface area contributed by atoms with Crippen LogP contribution in [-0.4, -0.2) is 19.2 Å². The Labute approximate surface area is 102 Å². The topological polar surface area (TPSA) is 61.5 Å². The molecule has 0 bridgehead atoms. The Bertz CT molecular complexity index is 390. The summed E-state index contributed by atoms with van der Waals surface area (Å²) in [4.78, 5) is 11.4. The van der Waals surface area contributed by atoms with E-state index < -0.39 is 5.97 Å². The third kappa shape index (κ3) is 3.66. The zero-order chi connectivity index (χ0) is 12.8. The number of hydrogen-bond donors (Lipinski definition) is 1. The van der Waals surface area contributed by atoms with E-state index in [0.29, 0.717) is 17.0 Å². The summed E-state index contributed by atoms with van der Waals surface area (Å²) in [5, 5.41) is 0. The predicted octanol–water partition coefficient (Wildman–Crippen LogP) is 2.62. The maximum atomic E-state index is 11.4. The molecule has 0 spiro atoms. The van der Waals surface area contributed by atoms with Crippen LogP contribution < -0.4 is 10.5 Å². The van der Waals surface area contributed by atoms with E-state index in [4.69, 9.17) is 10.5 Å². The predicted molar refractivity (Wildman–Crippen MR) is 67.2 cm³/mol. The molecule has 0 saturated heterocycles. The highest BCUT2D eigenvalue weighted by Crippen LogP contribution is 2.25. The fourth-order valence-corrected chi connectivity index (χ4v) is 1.56. The van der Waals surface area contributed by atoms with Gasteiger partial charge in [0.05, 0.1) is 24.5 Å². The third-order valence-electron chi connectivity index (χ3n) is 2.46. The number of hydrogen-bond acceptors (Lipinski definition) is 4. The van der Waals surface area contributed by atoms with Crippen molar-refractivity contribution in [2.45, 2.75) is 32.8 Å². The highest BCUT2D eigenvalue weighted by molar-refractivity contribution is 5.90. The molecule has 1 atom stereocenters. The van der Waals surface area contributed by atoms with Crippen LogP contribution in [0.4, 0.5) is 5.69 Å². The standard InChI is InChI=1S/C13H19NO3/c1-4-5-9(2)17-12-8-10(13(15)16-3)6-7-11(12)14/h6-9H,4-5,14H2,1-3H3. The summed E-state index contributed by atoms with van der Waals surface area (Å²) in [6.45, 7) is 4.07. The summed E-state index contributed by atoms with van der Waals surface area (Å²) in [6.07, 6.45) is 2.06. The van der Waals surface area contributed by atoms with Crippen molar-refractivity contribution in [2.24, 2.45) is 0 Å². The Morgan fingerprint density at radius 1 is 1.47 bits per heavy atom. The van der Waals surface area contributed by atoms with E-state index in [1.807, 2.05) is 6.92 Å². The Hall–Kier alpha value is -1.71. The molecule has 94 valence electrons. The van der Waals surface area contributed by atoms with E-state index in [1.165, 1.54) is 7.11 Å². The molecule has 0 aromatic heterocycles. The summed E-state index contributed by atoms with van der Waals surface area (Å²) < 4.78 is 10.3. The zero-order valence-corrected chi connectivity index (χ0v) is 10.5. The van der Waals surface area contributed by atoms with Gasteiger partial charge in [0.2, 0.25) is 0 Å². The first-order valence-corrected chi connectivity index (χ1v) is 5.73. The minimum absolute atomic E-state index is 0.0789. The molecule has 1 unspecified atom stereocenters. The summed E-state index contributed by atoms with van der Waals surface area (Å²) in [5.41, 5.74) is 6.77. The SMILES string of the molecule is CCCC(C)Oc1cc(C(=O)OC)ccc1N. The minimum Gasteiger partial charge on any atom is -0.489 e. The van der Waals surface area contributed by atoms with Crippen molar-refractivity contribution in [1.29, 1.82) is 0 Å². The fraction of sp³-hybridized carbons (Fsp3) is 0.462. The van der Waals surface area contributed by atoms with Crippen LogP contribution in [0.15, 0.2) is 18.2 Å². The molecule has 0 heterocycles. The van der Waals surface area contributed by atoms with Crippen molar-refractivity contribution in [2.75, 3.05) is 12.8 Å². The lowest BCUT2D eigenvalue weighted by Crippen LogP contribution is -2.13. The largest absolute Gasteiger partial charge is 0.489 e. The Balaban J connectivity index is 2.86. The molecule has 0 radical (unpaired) electrons. The molecule has 1 aromatic carbocycles. The lowest BCUT2D eigenvalue weighted by molar-refractivity contribution is 0.0600. The number of rotatable bonds is 5. The molecule has 0 aliphatic heterocycles. The summed E-state index contributed by atoms with van der Waals surface area (Å²) in [6, 6.07) is 4.89. The minimum atomic E-state index is -0.391. The van der Waals surface area contributed by atoms with E-state index in [0.717, 1.165) is 12.8 Å². The highest BCUT2D eigenvalue weighted by Gasteiger charge is 2.11. The van der Waals surface area contributed by atoms with Crippen LogP contribution in [0, 0.1) is 0 Å². The number of nitrogen functional groups attached to an aromatic ring is 1. The second-order valence-electron chi connectivity index (χ2n) is 3.96. The van der Waals surface area contributed by atoms with Gasteiger partial charge in [-0.3, -0.25) is 0 Å². The summed E-state index contributed by atoms with van der Waals surface area (Å²) >= 11 is 0. The number of nitrogens with two attached hydrogens (primary N) is 1. The first-order valence-electron chi connectivity index (χ1n) is 5.73. The average Bonchev–Trinajstić information content (AvgIpc) is 2.31. The highest BCUT2D eigenvalue weighted by atomic mass is 16.5. The molecule has 17 heavy (non-hydrogen) atoms. The van der Waals surface area contributed by atoms with Gasteiger partial charge in [-0.25, -0.2) is 4.79 Å². The smallest absolute Gasteiger partial charge is 0.337 e. The molecule has 0 aliphatic rings. The van der Waals surface area contributed by atoms with Gasteiger partial charge in [-0.2, -0.15) is 0 Å². The number of methoxy groups -OCH3 is 1. The zero-order valence-electron chi connectivity index (χ0n) is 10.5. The number of esters is 1. The van der Waals surface area contributed by atoms with Crippen molar-refractivity contribution in [1.82, 2.24) is 0 Å². The maximum absolute atomic E-state index is 11.4. The Morgan fingerprint density at radius 2 is 2.18 bits per heavy atom. The maximum Gasteiger partial charge on any atom is 0.337 e. The van der Waals surface area contributed by atoms with E-state index in [9.17, 15) is 4.79 Å². The van der Waals surface area contributed by atoms with Gasteiger partial charge in [0, 0.05) is 0 Å². The second kappa shape index (κ2) is 6.13. The van der Waals surface area contributed by atoms with Crippen LogP contribution in [0.3, 0.4) is 0 Å². The second-order valence-corrected chi connectivity index (χ2v) is 3.96. The fourth-order valence-electron chi connectivity index (χ4n) is 1.56. The molecule has 0 amide bonds. The molecule has 0 saturated carbocycles. The molecule has 4 nitrogen and oxygen atoms in total. The van der Waals surface area contributed by atoms with Crippen LogP contribution >= 0.6 is 0 Å². The van der Waals surface area contributed by atoms with Crippen molar-refractivity contribution in [3.8, 4) is 5.75 Å². The summed E-state index contributed by atoms with van der Waals surface area (Å²) in [7, 11) is 1.35. The quantitative estimate of drug-likeness (QED) is 0.631. The molecule has 0 fully saturated rings. The van der Waals surface area contributed by atoms with E-state index >= 15 is 0 Å². The average molecular weight is 237 g/mol. The van der Waals surface area contributed by atoms with Gasteiger partial charge < -0.3 is 15.2 Å². The van der Waals surface area contributed by atoms with Gasteiger partial charge in [0.25, 0.3) is 0 Å². The number of benzene rings is 1. The van der Waals surface area contributed by atoms with Crippen LogP contribution in [0.5, 0.6) is 5.75 Å². The van der Waals surface area contributed by atoms with Gasteiger partial charge >= 0.3 is 5.97 Å². The van der Waals surface area contributed by atoms with Gasteiger partial charge in [-0.15, -0.1) is 0 Å². The van der Waals surface area contributed by atoms with Crippen LogP contribution in [0.2, 0.25) is 0 Å². The lowest BCUT2D eigenvalue weighted by Gasteiger charge is -2.16. The first-order chi connectivity index (χ1) is 8.08. The molecular formula is C13H19NO3. The monoisotopic (exact) mass is 237 g/mol. The Kier molecular flexibility index (Phi) is 4.82. The van der Waals surface area contributed by atoms with E-state index in [-0.39, 0.29) is 6.10 Å². The van der Waals surface area contributed by atoms with Crippen molar-refractivity contribution >= 4 is 11.7 Å². The molecule has 2 N–H and O–H groups in total. The Morgan fingerprint density at radius 3 is 2.76 bits per heavy atom. The molecule has 1 rings (SSSR count). The van der Waals surface area contributed by atoms with E-state index in [2.05, 4.69) is 11.7 Å². The first kappa shape index (κ1) is 13.4. The third-order valence-corrected chi connectivity index (χ3v) is 2.46. The number of ether oxygens (including phenoxy) is 2. The van der Waals surface area contributed by atoms with Crippen LogP contribution in [-0.2, 0) is 4.74 Å². The van der Waals surface area contributed by atoms with E-state index in [1.54, 1.807) is 18.2 Å². The number of carbonyl (C=O) groups excluding carboxylic acids is 1. The lowest BCUT2D eigenvalue weighted by atomic mass is 10.2. The van der Waals surface area contributed by atoms with Gasteiger partial charge in [-0.1, -0.05) is 13.3 Å². The molecule has 0 aliphatic carbocycles. The normalized spacial score (nSPS) is 11.9. The molecule has 4 heteroatoms. The van der Waals surface area contributed by atoms with Gasteiger partial charge in [0.15, 0.2) is 0 Å². The summed E-state index contributed by atoms with van der Waals surface area (Å²) in [5.74, 6) is 0.145. The van der Waals surface area contributed by atoms with Crippen LogP contribution in [0.25, 0.3) is 0 Å². The van der Waals surface area contributed by atoms with Crippen molar-refractivity contribution in [3.05, 3.63) is 23.8 Å². The molecular weight excluding hydrogens is 218 g/mol. The van der Waals surface area contributed by atoms with Gasteiger partial charge in [0.1, 0.15) is 5.75 Å². The number of carbonyl (C=O) groups is 1. The molecule has 1 aromatic rings. The van der Waals surface area contributed by atoms with Gasteiger partial charge in [-0.05, 0) is 31.5 Å². The number of anilines is 1. The van der Waals surface area contributed by atoms with Crippen molar-refractivity contribution in [3.63, 3.8) is 0 Å². The van der Waals surface area contributed by atoms with Crippen molar-refractivity contribution < 1.29 is 14.3 Å².